The van der Waals surface area contributed by atoms with E-state index in [2.05, 4.69) is 45.9 Å². The molecular formula is C36H46O5. The molecule has 5 heteroatoms. The number of phenolic OH excluding ortho intramolecular Hbond substituents is 3. The number of aromatic hydroxyl groups is 3. The molecule has 4 aromatic rings. The molecule has 220 valence electrons. The molecule has 0 amide bonds. The first-order valence-electron chi connectivity index (χ1n) is 14.4. The maximum Gasteiger partial charge on any atom is 0.316 e. The lowest BCUT2D eigenvalue weighted by Crippen LogP contribution is -2.28. The second-order valence-corrected chi connectivity index (χ2v) is 11.1. The highest BCUT2D eigenvalue weighted by molar-refractivity contribution is 5.84. The van der Waals surface area contributed by atoms with E-state index in [0.29, 0.717) is 29.1 Å². The summed E-state index contributed by atoms with van der Waals surface area (Å²) in [6.45, 7) is 14.4. The Balaban J connectivity index is 0.000000218. The van der Waals surface area contributed by atoms with Crippen molar-refractivity contribution in [3.63, 3.8) is 0 Å². The third-order valence-electron chi connectivity index (χ3n) is 7.59. The van der Waals surface area contributed by atoms with Gasteiger partial charge in [0.15, 0.2) is 0 Å². The smallest absolute Gasteiger partial charge is 0.316 e. The number of phenols is 3. The van der Waals surface area contributed by atoms with Crippen LogP contribution in [0.2, 0.25) is 0 Å². The number of carbonyl (C=O) groups excluding carboxylic acids is 1. The zero-order chi connectivity index (χ0) is 30.6. The third-order valence-corrected chi connectivity index (χ3v) is 7.59. The third kappa shape index (κ3) is 10.5. The van der Waals surface area contributed by atoms with Crippen LogP contribution in [-0.2, 0) is 4.79 Å². The summed E-state index contributed by atoms with van der Waals surface area (Å²) in [6.07, 6.45) is 3.03. The standard InChI is InChI=1S/C14H16O.C12H16O3.C10H14O/c1-3-10(2)11-4-5-13-9-14(15)7-6-12(13)8-11;1-4-12(2,3)11(14)15-10-7-5-9(13)6-8-10;1-3-8(2)9-4-6-10(11)7-5-9/h4-10,15H,3H2,1-2H3;5-8,13H,4H2,1-3H3;4-8,11H,3H2,1-2H3. The molecule has 0 spiro atoms. The van der Waals surface area contributed by atoms with Gasteiger partial charge in [-0.3, -0.25) is 4.79 Å². The largest absolute Gasteiger partial charge is 0.508 e. The average molecular weight is 559 g/mol. The number of ether oxygens (including phenoxy) is 1. The molecular weight excluding hydrogens is 512 g/mol. The van der Waals surface area contributed by atoms with E-state index in [4.69, 9.17) is 14.9 Å². The van der Waals surface area contributed by atoms with Gasteiger partial charge in [0.05, 0.1) is 5.41 Å². The molecule has 4 rings (SSSR count). The summed E-state index contributed by atoms with van der Waals surface area (Å²) >= 11 is 0. The summed E-state index contributed by atoms with van der Waals surface area (Å²) in [5.41, 5.74) is 2.19. The van der Waals surface area contributed by atoms with Gasteiger partial charge >= 0.3 is 5.97 Å². The fraction of sp³-hybridized carbons (Fsp3) is 0.361. The first-order valence-corrected chi connectivity index (χ1v) is 14.4. The van der Waals surface area contributed by atoms with Crippen molar-refractivity contribution < 1.29 is 24.9 Å². The van der Waals surface area contributed by atoms with Crippen molar-refractivity contribution in [2.24, 2.45) is 5.41 Å². The molecule has 4 aromatic carbocycles. The number of hydrogen-bond donors (Lipinski definition) is 3. The second-order valence-electron chi connectivity index (χ2n) is 11.1. The van der Waals surface area contributed by atoms with Crippen LogP contribution in [0.1, 0.15) is 90.7 Å². The van der Waals surface area contributed by atoms with Gasteiger partial charge in [0.2, 0.25) is 0 Å². The van der Waals surface area contributed by atoms with Crippen molar-refractivity contribution >= 4 is 16.7 Å². The van der Waals surface area contributed by atoms with Gasteiger partial charge in [0.1, 0.15) is 23.0 Å². The Morgan fingerprint density at radius 2 is 1.10 bits per heavy atom. The van der Waals surface area contributed by atoms with E-state index >= 15 is 0 Å². The summed E-state index contributed by atoms with van der Waals surface area (Å²) in [6, 6.07) is 25.5. The van der Waals surface area contributed by atoms with Gasteiger partial charge in [-0.05, 0) is 115 Å². The molecule has 0 radical (unpaired) electrons. The quantitative estimate of drug-likeness (QED) is 0.155. The van der Waals surface area contributed by atoms with E-state index in [-0.39, 0.29) is 11.7 Å². The maximum atomic E-state index is 11.7. The topological polar surface area (TPSA) is 87.0 Å². The Hall–Kier alpha value is -3.99. The van der Waals surface area contributed by atoms with Gasteiger partial charge in [-0.2, -0.15) is 0 Å². The van der Waals surface area contributed by atoms with Crippen molar-refractivity contribution in [2.75, 3.05) is 0 Å². The Bertz CT molecular complexity index is 1360. The molecule has 0 bridgehead atoms. The minimum atomic E-state index is -0.474. The second kappa shape index (κ2) is 15.7. The van der Waals surface area contributed by atoms with E-state index in [1.807, 2.05) is 39.0 Å². The van der Waals surface area contributed by atoms with Gasteiger partial charge in [-0.1, -0.05) is 71.0 Å². The molecule has 2 unspecified atom stereocenters. The summed E-state index contributed by atoms with van der Waals surface area (Å²) in [5, 5.41) is 29.7. The predicted molar refractivity (Wildman–Crippen MR) is 169 cm³/mol. The van der Waals surface area contributed by atoms with Gasteiger partial charge in [-0.25, -0.2) is 0 Å². The lowest BCUT2D eigenvalue weighted by atomic mass is 9.91. The highest BCUT2D eigenvalue weighted by Gasteiger charge is 2.27. The van der Waals surface area contributed by atoms with E-state index in [1.54, 1.807) is 36.4 Å². The minimum Gasteiger partial charge on any atom is -0.508 e. The highest BCUT2D eigenvalue weighted by Crippen LogP contribution is 2.26. The lowest BCUT2D eigenvalue weighted by Gasteiger charge is -2.19. The SMILES string of the molecule is CCC(C)(C)C(=O)Oc1ccc(O)cc1.CCC(C)c1ccc(O)cc1.CCC(C)c1ccc2cc(O)ccc2c1. The highest BCUT2D eigenvalue weighted by atomic mass is 16.5. The molecule has 0 saturated carbocycles. The van der Waals surface area contributed by atoms with Crippen LogP contribution in [0.4, 0.5) is 0 Å². The van der Waals surface area contributed by atoms with Crippen molar-refractivity contribution in [1.29, 1.82) is 0 Å². The van der Waals surface area contributed by atoms with Gasteiger partial charge in [-0.15, -0.1) is 0 Å². The Morgan fingerprint density at radius 1 is 0.659 bits per heavy atom. The molecule has 0 heterocycles. The summed E-state index contributed by atoms with van der Waals surface area (Å²) in [5.74, 6) is 2.23. The molecule has 0 aliphatic rings. The fourth-order valence-corrected chi connectivity index (χ4v) is 3.74. The zero-order valence-corrected chi connectivity index (χ0v) is 25.5. The van der Waals surface area contributed by atoms with Crippen LogP contribution < -0.4 is 4.74 Å². The number of esters is 1. The first kappa shape index (κ1) is 33.2. The Morgan fingerprint density at radius 3 is 1.63 bits per heavy atom. The molecule has 2 atom stereocenters. The number of carbonyl (C=O) groups is 1. The van der Waals surface area contributed by atoms with Crippen LogP contribution in [-0.4, -0.2) is 21.3 Å². The first-order chi connectivity index (χ1) is 19.4. The monoisotopic (exact) mass is 558 g/mol. The van der Waals surface area contributed by atoms with Crippen LogP contribution in [0.25, 0.3) is 10.8 Å². The number of benzene rings is 4. The molecule has 0 saturated heterocycles. The maximum absolute atomic E-state index is 11.7. The van der Waals surface area contributed by atoms with Crippen molar-refractivity contribution in [3.8, 4) is 23.0 Å². The summed E-state index contributed by atoms with van der Waals surface area (Å²) in [7, 11) is 0. The van der Waals surface area contributed by atoms with Crippen LogP contribution in [0.15, 0.2) is 84.9 Å². The van der Waals surface area contributed by atoms with Crippen LogP contribution in [0.3, 0.4) is 0 Å². The zero-order valence-electron chi connectivity index (χ0n) is 25.5. The fourth-order valence-electron chi connectivity index (χ4n) is 3.74. The van der Waals surface area contributed by atoms with Crippen LogP contribution in [0, 0.1) is 5.41 Å². The number of rotatable bonds is 7. The molecule has 0 aliphatic carbocycles. The van der Waals surface area contributed by atoms with E-state index in [1.165, 1.54) is 28.6 Å². The molecule has 3 N–H and O–H groups in total. The molecule has 5 nitrogen and oxygen atoms in total. The van der Waals surface area contributed by atoms with Gasteiger partial charge in [0.25, 0.3) is 0 Å². The molecule has 0 aliphatic heterocycles. The minimum absolute atomic E-state index is 0.157. The number of fused-ring (bicyclic) bond motifs is 1. The van der Waals surface area contributed by atoms with Gasteiger partial charge in [0, 0.05) is 0 Å². The molecule has 0 fully saturated rings. The van der Waals surface area contributed by atoms with E-state index < -0.39 is 5.41 Å². The lowest BCUT2D eigenvalue weighted by molar-refractivity contribution is -0.144. The molecule has 41 heavy (non-hydrogen) atoms. The van der Waals surface area contributed by atoms with E-state index in [0.717, 1.165) is 24.6 Å². The van der Waals surface area contributed by atoms with E-state index in [9.17, 15) is 9.90 Å². The normalized spacial score (nSPS) is 12.3. The summed E-state index contributed by atoms with van der Waals surface area (Å²) in [4.78, 5) is 11.7. The summed E-state index contributed by atoms with van der Waals surface area (Å²) < 4.78 is 5.18. The van der Waals surface area contributed by atoms with Crippen molar-refractivity contribution in [2.45, 2.75) is 79.6 Å². The molecule has 0 aromatic heterocycles. The van der Waals surface area contributed by atoms with Crippen molar-refractivity contribution in [3.05, 3.63) is 96.1 Å². The van der Waals surface area contributed by atoms with Crippen molar-refractivity contribution in [1.82, 2.24) is 0 Å². The Labute approximate surface area is 245 Å². The Kier molecular flexibility index (Phi) is 12.7. The average Bonchev–Trinajstić information content (AvgIpc) is 2.98. The van der Waals surface area contributed by atoms with Gasteiger partial charge < -0.3 is 20.1 Å². The van der Waals surface area contributed by atoms with Crippen LogP contribution in [0.5, 0.6) is 23.0 Å². The predicted octanol–water partition coefficient (Wildman–Crippen LogP) is 9.70. The number of hydrogen-bond acceptors (Lipinski definition) is 5. The van der Waals surface area contributed by atoms with Crippen LogP contribution >= 0.6 is 0 Å².